The zero-order valence-corrected chi connectivity index (χ0v) is 10.9. The van der Waals surface area contributed by atoms with Crippen LogP contribution in [0.2, 0.25) is 0 Å². The summed E-state index contributed by atoms with van der Waals surface area (Å²) in [6.45, 7) is 5.89. The lowest BCUT2D eigenvalue weighted by Gasteiger charge is -2.05. The second-order valence-corrected chi connectivity index (χ2v) is 4.43. The van der Waals surface area contributed by atoms with Gasteiger partial charge in [-0.1, -0.05) is 43.6 Å². The van der Waals surface area contributed by atoms with Crippen LogP contribution >= 0.6 is 0 Å². The first-order chi connectivity index (χ1) is 8.08. The predicted octanol–water partition coefficient (Wildman–Crippen LogP) is 6.51. The van der Waals surface area contributed by atoms with E-state index in [2.05, 4.69) is 0 Å². The molecular formula is C19H36O2. The van der Waals surface area contributed by atoms with Gasteiger partial charge in [0.25, 0.3) is 0 Å². The molecule has 0 saturated carbocycles. The minimum absolute atomic E-state index is 0. The molecule has 0 heterocycles. The van der Waals surface area contributed by atoms with Crippen LogP contribution in [-0.4, -0.2) is 11.6 Å². The fourth-order valence-electron chi connectivity index (χ4n) is 1.85. The molecule has 0 radical (unpaired) electrons. The number of Topliss-reactive ketones (excluding diaryl/α,β-unsaturated/α-hetero) is 2. The molecule has 1 aromatic rings. The highest BCUT2D eigenvalue weighted by molar-refractivity contribution is 6.01. The van der Waals surface area contributed by atoms with Gasteiger partial charge in [0.1, 0.15) is 0 Å². The van der Waals surface area contributed by atoms with E-state index in [-0.39, 0.29) is 41.3 Å². The molecular weight excluding hydrogens is 260 g/mol. The van der Waals surface area contributed by atoms with E-state index in [0.29, 0.717) is 24.0 Å². The van der Waals surface area contributed by atoms with E-state index in [9.17, 15) is 9.59 Å². The van der Waals surface area contributed by atoms with Crippen molar-refractivity contribution >= 4 is 11.6 Å². The number of ketones is 2. The van der Waals surface area contributed by atoms with Gasteiger partial charge in [0.2, 0.25) is 0 Å². The molecule has 0 aliphatic rings. The van der Waals surface area contributed by atoms with Crippen molar-refractivity contribution in [1.29, 1.82) is 0 Å². The molecule has 0 saturated heterocycles. The average molecular weight is 296 g/mol. The number of carbonyl (C=O) groups excluding carboxylic acids is 2. The van der Waals surface area contributed by atoms with Crippen molar-refractivity contribution in [2.24, 2.45) is 0 Å². The van der Waals surface area contributed by atoms with Gasteiger partial charge in [0.15, 0.2) is 11.6 Å². The van der Waals surface area contributed by atoms with E-state index < -0.39 is 0 Å². The van der Waals surface area contributed by atoms with Gasteiger partial charge in [0, 0.05) is 24.0 Å². The Kier molecular flexibility index (Phi) is 17.9. The Hall–Kier alpha value is -1.44. The van der Waals surface area contributed by atoms with Crippen LogP contribution in [0.15, 0.2) is 18.2 Å². The minimum atomic E-state index is 0. The van der Waals surface area contributed by atoms with Crippen molar-refractivity contribution in [3.63, 3.8) is 0 Å². The third-order valence-corrected chi connectivity index (χ3v) is 2.68. The van der Waals surface area contributed by atoms with Crippen LogP contribution in [0.4, 0.5) is 0 Å². The van der Waals surface area contributed by atoms with Crippen molar-refractivity contribution in [2.75, 3.05) is 0 Å². The normalized spacial score (nSPS) is 8.33. The number of hydrogen-bond donors (Lipinski definition) is 0. The largest absolute Gasteiger partial charge is 0.294 e. The monoisotopic (exact) mass is 296 g/mol. The quantitative estimate of drug-likeness (QED) is 0.561. The molecule has 0 unspecified atom stereocenters. The predicted molar refractivity (Wildman–Crippen MR) is 96.6 cm³/mol. The molecule has 0 aromatic heterocycles. The highest BCUT2D eigenvalue weighted by Gasteiger charge is 2.10. The van der Waals surface area contributed by atoms with E-state index in [0.717, 1.165) is 18.4 Å². The van der Waals surface area contributed by atoms with Gasteiger partial charge in [-0.3, -0.25) is 9.59 Å². The number of benzene rings is 1. The topological polar surface area (TPSA) is 34.1 Å². The van der Waals surface area contributed by atoms with Gasteiger partial charge in [-0.2, -0.15) is 0 Å². The third-order valence-electron chi connectivity index (χ3n) is 2.68. The van der Waals surface area contributed by atoms with Crippen LogP contribution < -0.4 is 0 Å². The van der Waals surface area contributed by atoms with Crippen LogP contribution in [0.1, 0.15) is 95.5 Å². The molecule has 21 heavy (non-hydrogen) atoms. The fraction of sp³-hybridized carbons (Fsp3) is 0.579. The molecule has 0 bridgehead atoms. The molecule has 0 amide bonds. The summed E-state index contributed by atoms with van der Waals surface area (Å²) in [7, 11) is 0. The van der Waals surface area contributed by atoms with Crippen molar-refractivity contribution in [3.8, 4) is 0 Å². The second-order valence-electron chi connectivity index (χ2n) is 4.43. The van der Waals surface area contributed by atoms with Gasteiger partial charge in [-0.15, -0.1) is 0 Å². The van der Waals surface area contributed by atoms with E-state index in [1.165, 1.54) is 0 Å². The third kappa shape index (κ3) is 8.44. The zero-order valence-electron chi connectivity index (χ0n) is 10.9. The Morgan fingerprint density at radius 3 is 1.38 bits per heavy atom. The maximum Gasteiger partial charge on any atom is 0.162 e. The first-order valence-electron chi connectivity index (χ1n) is 6.26. The zero-order chi connectivity index (χ0) is 12.8. The van der Waals surface area contributed by atoms with Gasteiger partial charge >= 0.3 is 0 Å². The highest BCUT2D eigenvalue weighted by Crippen LogP contribution is 2.14. The molecule has 0 fully saturated rings. The summed E-state index contributed by atoms with van der Waals surface area (Å²) in [5.74, 6) is 0.253. The maximum atomic E-state index is 11.8. The highest BCUT2D eigenvalue weighted by atomic mass is 16.1. The molecule has 0 N–H and O–H groups in total. The van der Waals surface area contributed by atoms with Crippen molar-refractivity contribution in [1.82, 2.24) is 0 Å². The Morgan fingerprint density at radius 2 is 1.10 bits per heavy atom. The molecule has 0 aliphatic carbocycles. The van der Waals surface area contributed by atoms with Crippen LogP contribution in [-0.2, 0) is 0 Å². The summed E-state index contributed by atoms with van der Waals surface area (Å²) in [6.07, 6.45) is 2.77. The lowest BCUT2D eigenvalue weighted by atomic mass is 9.98. The minimum Gasteiger partial charge on any atom is -0.294 e. The van der Waals surface area contributed by atoms with Gasteiger partial charge in [-0.05, 0) is 43.5 Å². The smallest absolute Gasteiger partial charge is 0.162 e. The lowest BCUT2D eigenvalue weighted by molar-refractivity contribution is 0.0981. The molecule has 1 rings (SSSR count). The molecule has 124 valence electrons. The van der Waals surface area contributed by atoms with Crippen molar-refractivity contribution in [3.05, 3.63) is 34.9 Å². The number of hydrogen-bond acceptors (Lipinski definition) is 2. The Bertz CT molecular complexity index is 383. The van der Waals surface area contributed by atoms with Gasteiger partial charge < -0.3 is 0 Å². The first-order valence-corrected chi connectivity index (χ1v) is 6.26. The van der Waals surface area contributed by atoms with Gasteiger partial charge in [-0.25, -0.2) is 0 Å². The van der Waals surface area contributed by atoms with Crippen LogP contribution in [0.5, 0.6) is 0 Å². The van der Waals surface area contributed by atoms with E-state index in [1.54, 1.807) is 6.07 Å². The van der Waals surface area contributed by atoms with Crippen LogP contribution in [0, 0.1) is 6.92 Å². The number of carbonyl (C=O) groups is 2. The summed E-state index contributed by atoms with van der Waals surface area (Å²) in [5, 5.41) is 0. The Morgan fingerprint density at radius 1 is 0.762 bits per heavy atom. The molecule has 2 heteroatoms. The summed E-state index contributed by atoms with van der Waals surface area (Å²) in [5.41, 5.74) is 2.32. The van der Waals surface area contributed by atoms with E-state index >= 15 is 0 Å². The second kappa shape index (κ2) is 13.5. The Balaban J connectivity index is -0.000000361. The summed E-state index contributed by atoms with van der Waals surface area (Å²) >= 11 is 0. The number of rotatable bonds is 6. The molecule has 0 atom stereocenters. The maximum absolute atomic E-state index is 11.8. The van der Waals surface area contributed by atoms with E-state index in [1.807, 2.05) is 32.9 Å². The SMILES string of the molecule is C.C.C.C.CCCC(=O)c1cc(C)cc(C(=O)CCC)c1. The molecule has 1 aromatic carbocycles. The molecule has 0 spiro atoms. The van der Waals surface area contributed by atoms with Gasteiger partial charge in [0.05, 0.1) is 0 Å². The van der Waals surface area contributed by atoms with Crippen LogP contribution in [0.25, 0.3) is 0 Å². The first kappa shape index (κ1) is 27.8. The van der Waals surface area contributed by atoms with Crippen molar-refractivity contribution in [2.45, 2.75) is 76.2 Å². The standard InChI is InChI=1S/C15H20O2.4CH4/c1-4-6-14(16)12-8-11(3)9-13(10-12)15(17)7-5-2;;;;/h8-10H,4-7H2,1-3H3;4*1H4. The van der Waals surface area contributed by atoms with Crippen LogP contribution in [0.3, 0.4) is 0 Å². The molecule has 0 aliphatic heterocycles. The Labute approximate surface area is 133 Å². The van der Waals surface area contributed by atoms with Crippen molar-refractivity contribution < 1.29 is 9.59 Å². The molecule has 2 nitrogen and oxygen atoms in total. The summed E-state index contributed by atoms with van der Waals surface area (Å²) in [6, 6.07) is 5.46. The lowest BCUT2D eigenvalue weighted by Crippen LogP contribution is -2.04. The average Bonchev–Trinajstić information content (AvgIpc) is 2.29. The summed E-state index contributed by atoms with van der Waals surface area (Å²) < 4.78 is 0. The summed E-state index contributed by atoms with van der Waals surface area (Å²) in [4.78, 5) is 23.6. The van der Waals surface area contributed by atoms with E-state index in [4.69, 9.17) is 0 Å². The number of aryl methyl sites for hydroxylation is 1. The fourth-order valence-corrected chi connectivity index (χ4v) is 1.85.